The maximum atomic E-state index is 13.0. The van der Waals surface area contributed by atoms with Crippen LogP contribution in [0.4, 0.5) is 15.8 Å². The number of benzene rings is 3. The van der Waals surface area contributed by atoms with Crippen molar-refractivity contribution in [1.29, 1.82) is 0 Å². The van der Waals surface area contributed by atoms with Gasteiger partial charge in [0.25, 0.3) is 5.91 Å². The van der Waals surface area contributed by atoms with E-state index < -0.39 is 0 Å². The highest BCUT2D eigenvalue weighted by atomic mass is 19.1. The molecule has 0 atom stereocenters. The average molecular weight is 406 g/mol. The lowest BCUT2D eigenvalue weighted by Gasteiger charge is -2.10. The minimum atomic E-state index is -0.298. The Bertz CT molecular complexity index is 1020. The monoisotopic (exact) mass is 406 g/mol. The summed E-state index contributed by atoms with van der Waals surface area (Å²) in [6.07, 6.45) is 0. The molecule has 2 N–H and O–H groups in total. The highest BCUT2D eigenvalue weighted by Crippen LogP contribution is 2.19. The number of ether oxygens (including phenoxy) is 1. The normalized spacial score (nSPS) is 10.5. The van der Waals surface area contributed by atoms with Gasteiger partial charge in [-0.25, -0.2) is 4.39 Å². The largest absolute Gasteiger partial charge is 0.489 e. The standard InChI is InChI=1S/C24H23FN2O3/c1-16(2)23(28)26-20-10-12-21(13-11-20)27-24(29)18-4-3-5-22(14-18)30-15-17-6-8-19(25)9-7-17/h3-14,16H,15H2,1-2H3,(H,26,28)(H,27,29). The third kappa shape index (κ3) is 5.91. The quantitative estimate of drug-likeness (QED) is 0.563. The molecule has 3 aromatic rings. The second kappa shape index (κ2) is 9.69. The van der Waals surface area contributed by atoms with Gasteiger partial charge >= 0.3 is 0 Å². The molecule has 0 saturated heterocycles. The molecule has 0 aliphatic heterocycles. The molecule has 154 valence electrons. The first kappa shape index (κ1) is 21.0. The van der Waals surface area contributed by atoms with E-state index in [1.54, 1.807) is 60.7 Å². The average Bonchev–Trinajstić information content (AvgIpc) is 2.75. The number of amides is 2. The maximum Gasteiger partial charge on any atom is 0.255 e. The highest BCUT2D eigenvalue weighted by molar-refractivity contribution is 6.04. The number of rotatable bonds is 7. The zero-order valence-corrected chi connectivity index (χ0v) is 16.8. The molecule has 0 radical (unpaired) electrons. The molecule has 0 fully saturated rings. The van der Waals surface area contributed by atoms with E-state index in [2.05, 4.69) is 10.6 Å². The van der Waals surface area contributed by atoms with Crippen molar-refractivity contribution in [3.05, 3.63) is 89.7 Å². The number of carbonyl (C=O) groups is 2. The molecule has 0 heterocycles. The van der Waals surface area contributed by atoms with Gasteiger partial charge in [-0.1, -0.05) is 32.0 Å². The van der Waals surface area contributed by atoms with Crippen molar-refractivity contribution in [2.24, 2.45) is 5.92 Å². The van der Waals surface area contributed by atoms with Crippen LogP contribution in [0.1, 0.15) is 29.8 Å². The van der Waals surface area contributed by atoms with Crippen molar-refractivity contribution >= 4 is 23.2 Å². The Morgan fingerprint density at radius 3 is 2.17 bits per heavy atom. The molecule has 0 aromatic heterocycles. The SMILES string of the molecule is CC(C)C(=O)Nc1ccc(NC(=O)c2cccc(OCc3ccc(F)cc3)c2)cc1. The summed E-state index contributed by atoms with van der Waals surface area (Å²) >= 11 is 0. The van der Waals surface area contributed by atoms with Gasteiger partial charge < -0.3 is 15.4 Å². The van der Waals surface area contributed by atoms with Crippen LogP contribution >= 0.6 is 0 Å². The molecular formula is C24H23FN2O3. The first-order valence-electron chi connectivity index (χ1n) is 9.60. The second-order valence-electron chi connectivity index (χ2n) is 7.12. The molecule has 30 heavy (non-hydrogen) atoms. The van der Waals surface area contributed by atoms with E-state index in [4.69, 9.17) is 4.74 Å². The van der Waals surface area contributed by atoms with E-state index in [1.807, 2.05) is 13.8 Å². The molecule has 0 spiro atoms. The van der Waals surface area contributed by atoms with Crippen LogP contribution in [0.2, 0.25) is 0 Å². The zero-order valence-electron chi connectivity index (χ0n) is 16.8. The minimum Gasteiger partial charge on any atom is -0.489 e. The summed E-state index contributed by atoms with van der Waals surface area (Å²) in [7, 11) is 0. The topological polar surface area (TPSA) is 67.4 Å². The Hall–Kier alpha value is -3.67. The number of nitrogens with one attached hydrogen (secondary N) is 2. The van der Waals surface area contributed by atoms with Crippen LogP contribution < -0.4 is 15.4 Å². The van der Waals surface area contributed by atoms with Crippen LogP contribution in [0.5, 0.6) is 5.75 Å². The van der Waals surface area contributed by atoms with Gasteiger partial charge in [0.05, 0.1) is 0 Å². The van der Waals surface area contributed by atoms with Gasteiger partial charge in [0, 0.05) is 22.9 Å². The predicted octanol–water partition coefficient (Wildman–Crippen LogP) is 5.25. The molecule has 3 rings (SSSR count). The molecule has 5 nitrogen and oxygen atoms in total. The Balaban J connectivity index is 1.59. The summed E-state index contributed by atoms with van der Waals surface area (Å²) in [5.74, 6) is -0.209. The van der Waals surface area contributed by atoms with Crippen molar-refractivity contribution < 1.29 is 18.7 Å². The minimum absolute atomic E-state index is 0.0655. The predicted molar refractivity (Wildman–Crippen MR) is 115 cm³/mol. The van der Waals surface area contributed by atoms with E-state index in [0.717, 1.165) is 5.56 Å². The van der Waals surface area contributed by atoms with E-state index in [-0.39, 0.29) is 30.2 Å². The van der Waals surface area contributed by atoms with Gasteiger partial charge in [-0.15, -0.1) is 0 Å². The number of hydrogen-bond acceptors (Lipinski definition) is 3. The summed E-state index contributed by atoms with van der Waals surface area (Å²) in [6, 6.07) is 19.8. The van der Waals surface area contributed by atoms with Gasteiger partial charge in [-0.05, 0) is 60.2 Å². The van der Waals surface area contributed by atoms with Crippen molar-refractivity contribution in [3.63, 3.8) is 0 Å². The fourth-order valence-corrected chi connectivity index (χ4v) is 2.60. The number of halogens is 1. The van der Waals surface area contributed by atoms with E-state index in [1.165, 1.54) is 12.1 Å². The van der Waals surface area contributed by atoms with E-state index in [9.17, 15) is 14.0 Å². The van der Waals surface area contributed by atoms with Gasteiger partial charge in [0.1, 0.15) is 18.2 Å². The first-order chi connectivity index (χ1) is 14.4. The molecule has 0 aliphatic rings. The maximum absolute atomic E-state index is 13.0. The van der Waals surface area contributed by atoms with Crippen LogP contribution in [0.25, 0.3) is 0 Å². The van der Waals surface area contributed by atoms with Crippen molar-refractivity contribution in [2.45, 2.75) is 20.5 Å². The van der Waals surface area contributed by atoms with Gasteiger partial charge in [-0.3, -0.25) is 9.59 Å². The smallest absolute Gasteiger partial charge is 0.255 e. The van der Waals surface area contributed by atoms with Crippen molar-refractivity contribution in [3.8, 4) is 5.75 Å². The van der Waals surface area contributed by atoms with Crippen LogP contribution in [0.15, 0.2) is 72.8 Å². The first-order valence-corrected chi connectivity index (χ1v) is 9.60. The van der Waals surface area contributed by atoms with Crippen LogP contribution in [0.3, 0.4) is 0 Å². The summed E-state index contributed by atoms with van der Waals surface area (Å²) in [6.45, 7) is 3.91. The molecule has 2 amide bonds. The van der Waals surface area contributed by atoms with Gasteiger partial charge in [0.15, 0.2) is 0 Å². The number of hydrogen-bond donors (Lipinski definition) is 2. The lowest BCUT2D eigenvalue weighted by atomic mass is 10.2. The third-order valence-corrected chi connectivity index (χ3v) is 4.35. The van der Waals surface area contributed by atoms with Crippen LogP contribution in [-0.2, 0) is 11.4 Å². The Kier molecular flexibility index (Phi) is 6.80. The molecule has 0 aliphatic carbocycles. The lowest BCUT2D eigenvalue weighted by molar-refractivity contribution is -0.118. The summed E-state index contributed by atoms with van der Waals surface area (Å²) < 4.78 is 18.7. The Labute approximate surface area is 174 Å². The molecular weight excluding hydrogens is 383 g/mol. The van der Waals surface area contributed by atoms with Crippen molar-refractivity contribution in [1.82, 2.24) is 0 Å². The third-order valence-electron chi connectivity index (χ3n) is 4.35. The van der Waals surface area contributed by atoms with Gasteiger partial charge in [0.2, 0.25) is 5.91 Å². The summed E-state index contributed by atoms with van der Waals surface area (Å²) in [5.41, 5.74) is 2.56. The van der Waals surface area contributed by atoms with E-state index >= 15 is 0 Å². The van der Waals surface area contributed by atoms with Crippen molar-refractivity contribution in [2.75, 3.05) is 10.6 Å². The van der Waals surface area contributed by atoms with Gasteiger partial charge in [-0.2, -0.15) is 0 Å². The fourth-order valence-electron chi connectivity index (χ4n) is 2.60. The Morgan fingerprint density at radius 1 is 0.900 bits per heavy atom. The second-order valence-corrected chi connectivity index (χ2v) is 7.12. The zero-order chi connectivity index (χ0) is 21.5. The molecule has 3 aromatic carbocycles. The summed E-state index contributed by atoms with van der Waals surface area (Å²) in [5, 5.41) is 5.62. The molecule has 0 bridgehead atoms. The van der Waals surface area contributed by atoms with E-state index in [0.29, 0.717) is 22.7 Å². The number of anilines is 2. The Morgan fingerprint density at radius 2 is 1.53 bits per heavy atom. The molecule has 0 saturated carbocycles. The number of carbonyl (C=O) groups excluding carboxylic acids is 2. The highest BCUT2D eigenvalue weighted by Gasteiger charge is 2.09. The van der Waals surface area contributed by atoms with Crippen LogP contribution in [0, 0.1) is 11.7 Å². The lowest BCUT2D eigenvalue weighted by Crippen LogP contribution is -2.17. The molecule has 6 heteroatoms. The van der Waals surface area contributed by atoms with Crippen LogP contribution in [-0.4, -0.2) is 11.8 Å². The fraction of sp³-hybridized carbons (Fsp3) is 0.167. The molecule has 0 unspecified atom stereocenters. The summed E-state index contributed by atoms with van der Waals surface area (Å²) in [4.78, 5) is 24.3.